The molecule has 2 heterocycles. The molecule has 23 heavy (non-hydrogen) atoms. The fraction of sp³-hybridized carbons (Fsp3) is 0.533. The number of piperidine rings is 1. The van der Waals surface area contributed by atoms with Crippen LogP contribution in [0.3, 0.4) is 0 Å². The predicted molar refractivity (Wildman–Crippen MR) is 74.9 cm³/mol. The highest BCUT2D eigenvalue weighted by Gasteiger charge is 2.40. The summed E-state index contributed by atoms with van der Waals surface area (Å²) in [6, 6.07) is 1.86. The van der Waals surface area contributed by atoms with Crippen LogP contribution in [0.25, 0.3) is 0 Å². The van der Waals surface area contributed by atoms with E-state index in [1.54, 1.807) is 6.92 Å². The van der Waals surface area contributed by atoms with Crippen LogP contribution < -0.4 is 0 Å². The predicted octanol–water partition coefficient (Wildman–Crippen LogP) is 2.74. The van der Waals surface area contributed by atoms with Gasteiger partial charge in [0.25, 0.3) is 5.91 Å². The molecule has 1 atom stereocenters. The number of hydrogen-bond donors (Lipinski definition) is 1. The molecular formula is C15H17F3N2O3. The van der Waals surface area contributed by atoms with Crippen molar-refractivity contribution in [3.05, 3.63) is 29.1 Å². The van der Waals surface area contributed by atoms with E-state index >= 15 is 0 Å². The molecule has 5 nitrogen and oxygen atoms in total. The van der Waals surface area contributed by atoms with Crippen LogP contribution in [0, 0.1) is 12.3 Å². The number of carbonyl (C=O) groups excluding carboxylic acids is 1. The number of pyridine rings is 1. The highest BCUT2D eigenvalue weighted by atomic mass is 19.4. The van der Waals surface area contributed by atoms with Crippen LogP contribution in [0.1, 0.15) is 41.5 Å². The molecule has 0 bridgehead atoms. The number of aryl methyl sites for hydroxylation is 1. The quantitative estimate of drug-likeness (QED) is 0.905. The lowest BCUT2D eigenvalue weighted by atomic mass is 9.82. The first-order valence-electron chi connectivity index (χ1n) is 7.12. The van der Waals surface area contributed by atoms with E-state index in [-0.39, 0.29) is 17.8 Å². The van der Waals surface area contributed by atoms with Crippen molar-refractivity contribution in [1.29, 1.82) is 0 Å². The number of nitrogens with zero attached hydrogens (tertiary/aromatic N) is 2. The van der Waals surface area contributed by atoms with Crippen molar-refractivity contribution >= 4 is 11.9 Å². The number of carboxylic acids is 1. The van der Waals surface area contributed by atoms with Crippen LogP contribution in [0.2, 0.25) is 0 Å². The number of alkyl halides is 3. The second-order valence-electron chi connectivity index (χ2n) is 6.02. The maximum Gasteiger partial charge on any atom is 0.433 e. The first-order valence-corrected chi connectivity index (χ1v) is 7.12. The van der Waals surface area contributed by atoms with Gasteiger partial charge in [0.2, 0.25) is 0 Å². The number of rotatable bonds is 2. The number of halogens is 3. The second kappa shape index (κ2) is 5.82. The zero-order valence-corrected chi connectivity index (χ0v) is 12.8. The van der Waals surface area contributed by atoms with Crippen LogP contribution in [0.5, 0.6) is 0 Å². The van der Waals surface area contributed by atoms with Gasteiger partial charge in [-0.3, -0.25) is 9.59 Å². The van der Waals surface area contributed by atoms with E-state index in [2.05, 4.69) is 4.98 Å². The van der Waals surface area contributed by atoms with Crippen molar-refractivity contribution in [3.8, 4) is 0 Å². The van der Waals surface area contributed by atoms with Crippen molar-refractivity contribution < 1.29 is 27.9 Å². The fourth-order valence-corrected chi connectivity index (χ4v) is 2.70. The number of aliphatic carboxylic acids is 1. The molecule has 126 valence electrons. The van der Waals surface area contributed by atoms with Crippen LogP contribution in [0.15, 0.2) is 12.1 Å². The van der Waals surface area contributed by atoms with Gasteiger partial charge in [0.05, 0.1) is 16.7 Å². The second-order valence-corrected chi connectivity index (χ2v) is 6.02. The van der Waals surface area contributed by atoms with Crippen molar-refractivity contribution in [2.45, 2.75) is 32.9 Å². The molecule has 1 fully saturated rings. The summed E-state index contributed by atoms with van der Waals surface area (Å²) in [6.07, 6.45) is -3.59. The molecule has 0 spiro atoms. The largest absolute Gasteiger partial charge is 0.481 e. The number of hydrogen-bond acceptors (Lipinski definition) is 3. The summed E-state index contributed by atoms with van der Waals surface area (Å²) in [4.78, 5) is 28.6. The molecule has 0 aromatic carbocycles. The topological polar surface area (TPSA) is 70.5 Å². The average Bonchev–Trinajstić information content (AvgIpc) is 2.45. The SMILES string of the molecule is Cc1nc(C(F)(F)F)ccc1C(=O)N1CCCC(C)(C(=O)O)C1. The molecule has 1 aliphatic heterocycles. The van der Waals surface area contributed by atoms with E-state index < -0.39 is 29.2 Å². The molecule has 1 N–H and O–H groups in total. The van der Waals surface area contributed by atoms with Crippen LogP contribution in [0.4, 0.5) is 13.2 Å². The van der Waals surface area contributed by atoms with Gasteiger partial charge in [0, 0.05) is 13.1 Å². The molecule has 1 saturated heterocycles. The summed E-state index contributed by atoms with van der Waals surface area (Å²) in [5, 5.41) is 9.27. The first kappa shape index (κ1) is 17.2. The van der Waals surface area contributed by atoms with E-state index in [4.69, 9.17) is 0 Å². The summed E-state index contributed by atoms with van der Waals surface area (Å²) < 4.78 is 37.9. The number of carbonyl (C=O) groups is 2. The van der Waals surface area contributed by atoms with E-state index in [0.717, 1.165) is 12.1 Å². The maximum atomic E-state index is 12.6. The summed E-state index contributed by atoms with van der Waals surface area (Å²) in [7, 11) is 0. The Morgan fingerprint density at radius 2 is 2.00 bits per heavy atom. The van der Waals surface area contributed by atoms with Crippen LogP contribution in [-0.2, 0) is 11.0 Å². The van der Waals surface area contributed by atoms with E-state index in [0.29, 0.717) is 19.4 Å². The Morgan fingerprint density at radius 1 is 1.35 bits per heavy atom. The molecule has 2 rings (SSSR count). The van der Waals surface area contributed by atoms with E-state index in [1.807, 2.05) is 0 Å². The highest BCUT2D eigenvalue weighted by molar-refractivity contribution is 5.95. The van der Waals surface area contributed by atoms with Crippen molar-refractivity contribution in [2.75, 3.05) is 13.1 Å². The van der Waals surface area contributed by atoms with Gasteiger partial charge in [-0.2, -0.15) is 13.2 Å². The molecule has 0 saturated carbocycles. The van der Waals surface area contributed by atoms with Crippen LogP contribution in [-0.4, -0.2) is 40.0 Å². The minimum absolute atomic E-state index is 0.0209. The maximum absolute atomic E-state index is 12.6. The Bertz CT molecular complexity index is 645. The lowest BCUT2D eigenvalue weighted by Crippen LogP contribution is -2.48. The molecule has 0 radical (unpaired) electrons. The van der Waals surface area contributed by atoms with Gasteiger partial charge in [-0.1, -0.05) is 0 Å². The molecular weight excluding hydrogens is 313 g/mol. The third-order valence-corrected chi connectivity index (χ3v) is 4.11. The molecule has 8 heteroatoms. The van der Waals surface area contributed by atoms with Gasteiger partial charge < -0.3 is 10.0 Å². The van der Waals surface area contributed by atoms with Gasteiger partial charge in [0.1, 0.15) is 5.69 Å². The lowest BCUT2D eigenvalue weighted by Gasteiger charge is -2.37. The Labute approximate surface area is 131 Å². The molecule has 1 unspecified atom stereocenters. The molecule has 1 aliphatic rings. The normalized spacial score (nSPS) is 22.0. The zero-order valence-electron chi connectivity index (χ0n) is 12.8. The third kappa shape index (κ3) is 3.46. The Kier molecular flexibility index (Phi) is 4.37. The van der Waals surface area contributed by atoms with Gasteiger partial charge in [-0.15, -0.1) is 0 Å². The number of carboxylic acid groups (broad SMARTS) is 1. The number of amides is 1. The van der Waals surface area contributed by atoms with Crippen molar-refractivity contribution in [2.24, 2.45) is 5.41 Å². The smallest absolute Gasteiger partial charge is 0.433 e. The summed E-state index contributed by atoms with van der Waals surface area (Å²) in [6.45, 7) is 3.30. The molecule has 1 aromatic heterocycles. The van der Waals surface area contributed by atoms with E-state index in [1.165, 1.54) is 11.8 Å². The summed E-state index contributed by atoms with van der Waals surface area (Å²) >= 11 is 0. The Balaban J connectivity index is 2.25. The number of likely N-dealkylation sites (tertiary alicyclic amines) is 1. The highest BCUT2D eigenvalue weighted by Crippen LogP contribution is 2.32. The van der Waals surface area contributed by atoms with Gasteiger partial charge in [-0.05, 0) is 38.8 Å². The van der Waals surface area contributed by atoms with Crippen molar-refractivity contribution in [1.82, 2.24) is 9.88 Å². The molecule has 1 amide bonds. The van der Waals surface area contributed by atoms with Crippen molar-refractivity contribution in [3.63, 3.8) is 0 Å². The molecule has 1 aromatic rings. The van der Waals surface area contributed by atoms with Gasteiger partial charge in [-0.25, -0.2) is 4.98 Å². The zero-order chi connectivity index (χ0) is 17.4. The monoisotopic (exact) mass is 330 g/mol. The fourth-order valence-electron chi connectivity index (χ4n) is 2.70. The van der Waals surface area contributed by atoms with E-state index in [9.17, 15) is 27.9 Å². The van der Waals surface area contributed by atoms with Gasteiger partial charge >= 0.3 is 12.1 Å². The average molecular weight is 330 g/mol. The summed E-state index contributed by atoms with van der Waals surface area (Å²) in [5.74, 6) is -1.48. The first-order chi connectivity index (χ1) is 10.5. The standard InChI is InChI=1S/C15H17F3N2O3/c1-9-10(4-5-11(19-9)15(16,17)18)12(21)20-7-3-6-14(2,8-20)13(22)23/h4-5H,3,6-8H2,1-2H3,(H,22,23). The summed E-state index contributed by atoms with van der Waals surface area (Å²) in [5.41, 5.74) is -2.05. The lowest BCUT2D eigenvalue weighted by molar-refractivity contribution is -0.150. The van der Waals surface area contributed by atoms with Gasteiger partial charge in [0.15, 0.2) is 0 Å². The van der Waals surface area contributed by atoms with Crippen LogP contribution >= 0.6 is 0 Å². The Hall–Kier alpha value is -2.12. The minimum atomic E-state index is -4.57. The minimum Gasteiger partial charge on any atom is -0.481 e. The third-order valence-electron chi connectivity index (χ3n) is 4.11. The Morgan fingerprint density at radius 3 is 2.52 bits per heavy atom. The molecule has 0 aliphatic carbocycles. The number of aromatic nitrogens is 1.